The number of ether oxygens (including phenoxy) is 2. The molecule has 0 heterocycles. The van der Waals surface area contributed by atoms with E-state index < -0.39 is 0 Å². The number of hydrogen-bond acceptors (Lipinski definition) is 3. The first-order valence-corrected chi connectivity index (χ1v) is 9.39. The van der Waals surface area contributed by atoms with Gasteiger partial charge in [0, 0.05) is 37.8 Å². The third-order valence-corrected chi connectivity index (χ3v) is 3.81. The fraction of sp³-hybridized carbons (Fsp3) is 0.611. The summed E-state index contributed by atoms with van der Waals surface area (Å²) in [6, 6.07) is 8.44. The van der Waals surface area contributed by atoms with Gasteiger partial charge in [-0.3, -0.25) is 4.99 Å². The number of halogens is 2. The van der Waals surface area contributed by atoms with Crippen LogP contribution in [0.2, 0.25) is 0 Å². The number of guanidine groups is 1. The summed E-state index contributed by atoms with van der Waals surface area (Å²) in [5.74, 6) is 0.878. The Kier molecular flexibility index (Phi) is 16.8. The molecule has 0 fully saturated rings. The molecule has 0 aliphatic carbocycles. The largest absolute Gasteiger partial charge is 0.382 e. The molecule has 0 aliphatic heterocycles. The van der Waals surface area contributed by atoms with Crippen LogP contribution in [0.25, 0.3) is 0 Å². The van der Waals surface area contributed by atoms with Crippen LogP contribution in [0.4, 0.5) is 0 Å². The topological polar surface area (TPSA) is 54.9 Å². The molecule has 2 N–H and O–H groups in total. The predicted molar refractivity (Wildman–Crippen MR) is 119 cm³/mol. The standard InChI is InChI=1S/C18H30BrN3O2.HI/c1-3-20-18(22-11-6-12-24-14-13-23-2)21-10-5-8-16-7-4-9-17(19)15-16;/h4,7,9,15H,3,5-6,8,10-14H2,1-2H3,(H2,20,21,22);1H. The molecule has 0 radical (unpaired) electrons. The van der Waals surface area contributed by atoms with Crippen molar-refractivity contribution in [1.29, 1.82) is 0 Å². The molecule has 0 bridgehead atoms. The number of hydrogen-bond donors (Lipinski definition) is 2. The van der Waals surface area contributed by atoms with Crippen molar-refractivity contribution in [2.45, 2.75) is 26.2 Å². The van der Waals surface area contributed by atoms with Gasteiger partial charge in [-0.05, 0) is 43.9 Å². The molecular formula is C18H31BrIN3O2. The van der Waals surface area contributed by atoms with Crippen LogP contribution in [0.15, 0.2) is 33.7 Å². The van der Waals surface area contributed by atoms with E-state index in [0.29, 0.717) is 13.2 Å². The molecule has 0 spiro atoms. The predicted octanol–water partition coefficient (Wildman–Crippen LogP) is 3.61. The Balaban J connectivity index is 0.00000576. The molecule has 0 aliphatic rings. The number of methoxy groups -OCH3 is 1. The van der Waals surface area contributed by atoms with Crippen LogP contribution >= 0.6 is 39.9 Å². The number of aliphatic imine (C=N–C) groups is 1. The summed E-state index contributed by atoms with van der Waals surface area (Å²) in [5.41, 5.74) is 1.34. The third-order valence-electron chi connectivity index (χ3n) is 3.32. The highest BCUT2D eigenvalue weighted by Gasteiger charge is 1.98. The lowest BCUT2D eigenvalue weighted by Crippen LogP contribution is -2.38. The molecule has 0 saturated carbocycles. The second kappa shape index (κ2) is 17.1. The van der Waals surface area contributed by atoms with Crippen LogP contribution in [0.5, 0.6) is 0 Å². The molecule has 144 valence electrons. The van der Waals surface area contributed by atoms with E-state index in [4.69, 9.17) is 9.47 Å². The van der Waals surface area contributed by atoms with Gasteiger partial charge in [-0.25, -0.2) is 0 Å². The Morgan fingerprint density at radius 1 is 1.16 bits per heavy atom. The highest BCUT2D eigenvalue weighted by molar-refractivity contribution is 14.0. The molecule has 0 atom stereocenters. The molecule has 1 aromatic rings. The van der Waals surface area contributed by atoms with Crippen molar-refractivity contribution in [3.8, 4) is 0 Å². The minimum absolute atomic E-state index is 0. The molecule has 25 heavy (non-hydrogen) atoms. The minimum atomic E-state index is 0. The molecule has 7 heteroatoms. The first kappa shape index (κ1) is 24.6. The Morgan fingerprint density at radius 2 is 2.00 bits per heavy atom. The summed E-state index contributed by atoms with van der Waals surface area (Å²) in [7, 11) is 1.68. The molecule has 1 rings (SSSR count). The van der Waals surface area contributed by atoms with E-state index in [-0.39, 0.29) is 24.0 Å². The number of nitrogens with one attached hydrogen (secondary N) is 2. The maximum absolute atomic E-state index is 5.44. The minimum Gasteiger partial charge on any atom is -0.382 e. The third kappa shape index (κ3) is 13.5. The van der Waals surface area contributed by atoms with Crippen molar-refractivity contribution in [3.05, 3.63) is 34.3 Å². The molecule has 0 unspecified atom stereocenters. The summed E-state index contributed by atoms with van der Waals surface area (Å²) >= 11 is 3.51. The zero-order valence-electron chi connectivity index (χ0n) is 15.2. The monoisotopic (exact) mass is 527 g/mol. The zero-order valence-corrected chi connectivity index (χ0v) is 19.1. The number of rotatable bonds is 12. The van der Waals surface area contributed by atoms with E-state index in [1.165, 1.54) is 5.56 Å². The van der Waals surface area contributed by atoms with E-state index >= 15 is 0 Å². The molecular weight excluding hydrogens is 497 g/mol. The van der Waals surface area contributed by atoms with Gasteiger partial charge in [0.25, 0.3) is 0 Å². The van der Waals surface area contributed by atoms with Gasteiger partial charge >= 0.3 is 0 Å². The second-order valence-corrected chi connectivity index (χ2v) is 6.30. The van der Waals surface area contributed by atoms with Crippen LogP contribution in [0.1, 0.15) is 25.3 Å². The first-order valence-electron chi connectivity index (χ1n) is 8.59. The lowest BCUT2D eigenvalue weighted by Gasteiger charge is -2.11. The van der Waals surface area contributed by atoms with Crippen molar-refractivity contribution in [1.82, 2.24) is 10.6 Å². The maximum Gasteiger partial charge on any atom is 0.191 e. The van der Waals surface area contributed by atoms with Crippen molar-refractivity contribution in [2.75, 3.05) is 46.6 Å². The fourth-order valence-corrected chi connectivity index (χ4v) is 2.58. The van der Waals surface area contributed by atoms with Gasteiger partial charge in [0.1, 0.15) is 0 Å². The Hall–Kier alpha value is -0.380. The lowest BCUT2D eigenvalue weighted by atomic mass is 10.1. The van der Waals surface area contributed by atoms with Gasteiger partial charge < -0.3 is 20.1 Å². The van der Waals surface area contributed by atoms with Gasteiger partial charge in [0.15, 0.2) is 5.96 Å². The molecule has 0 aromatic heterocycles. The molecule has 0 saturated heterocycles. The second-order valence-electron chi connectivity index (χ2n) is 5.38. The van der Waals surface area contributed by atoms with Gasteiger partial charge in [0.2, 0.25) is 0 Å². The van der Waals surface area contributed by atoms with Crippen LogP contribution in [-0.4, -0.2) is 52.5 Å². The smallest absolute Gasteiger partial charge is 0.191 e. The highest BCUT2D eigenvalue weighted by Crippen LogP contribution is 2.12. The van der Waals surface area contributed by atoms with Crippen molar-refractivity contribution in [3.63, 3.8) is 0 Å². The molecule has 1 aromatic carbocycles. The quantitative estimate of drug-likeness (QED) is 0.189. The van der Waals surface area contributed by atoms with Gasteiger partial charge in [0.05, 0.1) is 13.2 Å². The summed E-state index contributed by atoms with van der Waals surface area (Å²) in [6.45, 7) is 6.64. The lowest BCUT2D eigenvalue weighted by molar-refractivity contribution is 0.0698. The van der Waals surface area contributed by atoms with E-state index in [1.807, 2.05) is 6.07 Å². The summed E-state index contributed by atoms with van der Waals surface area (Å²) in [5, 5.41) is 6.61. The Morgan fingerprint density at radius 3 is 2.72 bits per heavy atom. The van der Waals surface area contributed by atoms with E-state index in [0.717, 1.165) is 55.9 Å². The van der Waals surface area contributed by atoms with Gasteiger partial charge in [-0.1, -0.05) is 28.1 Å². The Bertz CT molecular complexity index is 475. The average Bonchev–Trinajstić information content (AvgIpc) is 2.58. The SMILES string of the molecule is CCNC(=NCCCc1cccc(Br)c1)NCCCOCCOC.I. The van der Waals surface area contributed by atoms with Crippen LogP contribution in [0, 0.1) is 0 Å². The molecule has 5 nitrogen and oxygen atoms in total. The van der Waals surface area contributed by atoms with Crippen LogP contribution in [-0.2, 0) is 15.9 Å². The average molecular weight is 528 g/mol. The van der Waals surface area contributed by atoms with Crippen molar-refractivity contribution >= 4 is 45.9 Å². The van der Waals surface area contributed by atoms with Gasteiger partial charge in [-0.2, -0.15) is 0 Å². The number of nitrogens with zero attached hydrogens (tertiary/aromatic N) is 1. The summed E-state index contributed by atoms with van der Waals surface area (Å²) in [4.78, 5) is 4.62. The summed E-state index contributed by atoms with van der Waals surface area (Å²) in [6.07, 6.45) is 3.02. The Labute approximate surface area is 177 Å². The van der Waals surface area contributed by atoms with Gasteiger partial charge in [-0.15, -0.1) is 24.0 Å². The van der Waals surface area contributed by atoms with E-state index in [1.54, 1.807) is 7.11 Å². The normalized spacial score (nSPS) is 11.1. The molecule has 0 amide bonds. The first-order chi connectivity index (χ1) is 11.8. The van der Waals surface area contributed by atoms with E-state index in [9.17, 15) is 0 Å². The van der Waals surface area contributed by atoms with E-state index in [2.05, 4.69) is 56.7 Å². The van der Waals surface area contributed by atoms with Crippen molar-refractivity contribution < 1.29 is 9.47 Å². The fourth-order valence-electron chi connectivity index (χ4n) is 2.13. The zero-order chi connectivity index (χ0) is 17.5. The highest BCUT2D eigenvalue weighted by atomic mass is 127. The van der Waals surface area contributed by atoms with Crippen LogP contribution in [0.3, 0.4) is 0 Å². The number of aryl methyl sites for hydroxylation is 1. The maximum atomic E-state index is 5.44. The number of benzene rings is 1. The van der Waals surface area contributed by atoms with Crippen LogP contribution < -0.4 is 10.6 Å². The van der Waals surface area contributed by atoms with Crippen molar-refractivity contribution in [2.24, 2.45) is 4.99 Å². The summed E-state index contributed by atoms with van der Waals surface area (Å²) < 4.78 is 11.5.